The third-order valence-corrected chi connectivity index (χ3v) is 6.14. The summed E-state index contributed by atoms with van der Waals surface area (Å²) in [5.74, 6) is 0.410. The van der Waals surface area contributed by atoms with Crippen molar-refractivity contribution < 1.29 is 13.2 Å². The number of benzene rings is 1. The molecule has 1 aliphatic rings. The minimum absolute atomic E-state index is 0.00896. The third kappa shape index (κ3) is 3.96. The number of amides is 1. The molecule has 2 atom stereocenters. The average molecular weight is 353 g/mol. The quantitative estimate of drug-likeness (QED) is 0.839. The van der Waals surface area contributed by atoms with Crippen molar-refractivity contribution in [1.82, 2.24) is 9.62 Å². The first-order valence-corrected chi connectivity index (χ1v) is 9.89. The monoisotopic (exact) mass is 353 g/mol. The molecule has 1 amide bonds. The Morgan fingerprint density at radius 3 is 2.75 bits per heavy atom. The molecule has 2 unspecified atom stereocenters. The second kappa shape index (κ2) is 7.63. The van der Waals surface area contributed by atoms with E-state index in [-0.39, 0.29) is 16.8 Å². The van der Waals surface area contributed by atoms with E-state index in [1.807, 2.05) is 6.92 Å². The number of hydrogen-bond donors (Lipinski definition) is 2. The maximum Gasteiger partial charge on any atom is 0.254 e. The number of carbonyl (C=O) groups excluding carboxylic acids is 1. The van der Waals surface area contributed by atoms with Gasteiger partial charge in [-0.1, -0.05) is 19.9 Å². The number of carbonyl (C=O) groups is 1. The van der Waals surface area contributed by atoms with Crippen LogP contribution in [0.3, 0.4) is 0 Å². The van der Waals surface area contributed by atoms with Gasteiger partial charge in [0.1, 0.15) is 0 Å². The summed E-state index contributed by atoms with van der Waals surface area (Å²) in [7, 11) is -3.59. The zero-order valence-electron chi connectivity index (χ0n) is 14.6. The van der Waals surface area contributed by atoms with Gasteiger partial charge in [-0.3, -0.25) is 4.79 Å². The van der Waals surface area contributed by atoms with Crippen molar-refractivity contribution in [2.24, 2.45) is 11.7 Å². The number of sulfonamides is 1. The fourth-order valence-electron chi connectivity index (χ4n) is 3.17. The van der Waals surface area contributed by atoms with Crippen molar-refractivity contribution >= 4 is 15.9 Å². The van der Waals surface area contributed by atoms with E-state index in [1.54, 1.807) is 17.9 Å². The van der Waals surface area contributed by atoms with Crippen LogP contribution in [0, 0.1) is 12.8 Å². The van der Waals surface area contributed by atoms with Gasteiger partial charge >= 0.3 is 0 Å². The van der Waals surface area contributed by atoms with Crippen LogP contribution in [0.4, 0.5) is 0 Å². The molecule has 1 heterocycles. The molecule has 24 heavy (non-hydrogen) atoms. The van der Waals surface area contributed by atoms with E-state index in [0.29, 0.717) is 31.1 Å². The molecule has 0 spiro atoms. The minimum atomic E-state index is -3.59. The van der Waals surface area contributed by atoms with Crippen LogP contribution in [-0.4, -0.2) is 44.9 Å². The molecule has 1 aromatic rings. The number of piperidine rings is 1. The van der Waals surface area contributed by atoms with Gasteiger partial charge in [-0.05, 0) is 43.4 Å². The fraction of sp³-hybridized carbons (Fsp3) is 0.588. The number of hydrogen-bond acceptors (Lipinski definition) is 4. The molecular formula is C17H27N3O3S. The number of nitrogens with two attached hydrogens (primary N) is 1. The lowest BCUT2D eigenvalue weighted by atomic mass is 9.91. The molecule has 2 rings (SSSR count). The van der Waals surface area contributed by atoms with Crippen molar-refractivity contribution in [1.29, 1.82) is 0 Å². The minimum Gasteiger partial charge on any atom is -0.334 e. The standard InChI is InChI=1S/C17H27N3O3S/c1-4-19-24(22,23)15-6-5-13(3)16(10-15)17(21)20-8-7-12(2)9-14(20)11-18/h5-6,10,12,14,19H,4,7-9,11,18H2,1-3H3. The van der Waals surface area contributed by atoms with Crippen LogP contribution >= 0.6 is 0 Å². The van der Waals surface area contributed by atoms with Crippen molar-refractivity contribution in [3.8, 4) is 0 Å². The molecule has 3 N–H and O–H groups in total. The molecule has 0 bridgehead atoms. The van der Waals surface area contributed by atoms with E-state index in [9.17, 15) is 13.2 Å². The molecule has 0 aromatic heterocycles. The molecule has 6 nitrogen and oxygen atoms in total. The third-order valence-electron chi connectivity index (χ3n) is 4.60. The van der Waals surface area contributed by atoms with Gasteiger partial charge in [0.2, 0.25) is 10.0 Å². The number of nitrogens with one attached hydrogen (secondary N) is 1. The zero-order valence-corrected chi connectivity index (χ0v) is 15.4. The van der Waals surface area contributed by atoms with Crippen molar-refractivity contribution in [3.63, 3.8) is 0 Å². The van der Waals surface area contributed by atoms with Gasteiger partial charge < -0.3 is 10.6 Å². The maximum atomic E-state index is 13.0. The highest BCUT2D eigenvalue weighted by atomic mass is 32.2. The Hall–Kier alpha value is -1.44. The van der Waals surface area contributed by atoms with E-state index in [4.69, 9.17) is 5.73 Å². The summed E-state index contributed by atoms with van der Waals surface area (Å²) in [4.78, 5) is 14.9. The SMILES string of the molecule is CCNS(=O)(=O)c1ccc(C)c(C(=O)N2CCC(C)CC2CN)c1. The molecular weight excluding hydrogens is 326 g/mol. The van der Waals surface area contributed by atoms with Crippen LogP contribution in [0.2, 0.25) is 0 Å². The van der Waals surface area contributed by atoms with Gasteiger partial charge in [-0.25, -0.2) is 13.1 Å². The Bertz CT molecular complexity index is 703. The first-order valence-electron chi connectivity index (χ1n) is 8.41. The average Bonchev–Trinajstić information content (AvgIpc) is 2.54. The van der Waals surface area contributed by atoms with E-state index in [1.165, 1.54) is 12.1 Å². The van der Waals surface area contributed by atoms with Crippen LogP contribution in [-0.2, 0) is 10.0 Å². The molecule has 1 fully saturated rings. The van der Waals surface area contributed by atoms with Gasteiger partial charge in [0.05, 0.1) is 4.90 Å². The summed E-state index contributed by atoms with van der Waals surface area (Å²) in [5, 5.41) is 0. The summed E-state index contributed by atoms with van der Waals surface area (Å²) < 4.78 is 26.9. The predicted octanol–water partition coefficient (Wildman–Crippen LogP) is 1.49. The molecule has 1 aliphatic heterocycles. The Morgan fingerprint density at radius 1 is 1.42 bits per heavy atom. The molecule has 1 saturated heterocycles. The number of likely N-dealkylation sites (tertiary alicyclic amines) is 1. The lowest BCUT2D eigenvalue weighted by Gasteiger charge is -2.38. The number of rotatable bonds is 5. The molecule has 0 saturated carbocycles. The first-order chi connectivity index (χ1) is 11.3. The van der Waals surface area contributed by atoms with Crippen LogP contribution in [0.1, 0.15) is 42.6 Å². The van der Waals surface area contributed by atoms with E-state index < -0.39 is 10.0 Å². The zero-order chi connectivity index (χ0) is 17.9. The van der Waals surface area contributed by atoms with E-state index in [2.05, 4.69) is 11.6 Å². The highest BCUT2D eigenvalue weighted by molar-refractivity contribution is 7.89. The normalized spacial score (nSPS) is 21.8. The largest absolute Gasteiger partial charge is 0.334 e. The van der Waals surface area contributed by atoms with Crippen molar-refractivity contribution in [2.45, 2.75) is 44.6 Å². The summed E-state index contributed by atoms with van der Waals surface area (Å²) in [6.45, 7) is 7.09. The van der Waals surface area contributed by atoms with E-state index in [0.717, 1.165) is 18.4 Å². The van der Waals surface area contributed by atoms with Gasteiger partial charge in [0, 0.05) is 31.2 Å². The predicted molar refractivity (Wildman–Crippen MR) is 94.3 cm³/mol. The van der Waals surface area contributed by atoms with Crippen LogP contribution in [0.5, 0.6) is 0 Å². The van der Waals surface area contributed by atoms with Gasteiger partial charge in [0.25, 0.3) is 5.91 Å². The summed E-state index contributed by atoms with van der Waals surface area (Å²) in [6, 6.07) is 4.70. The Morgan fingerprint density at radius 2 is 2.12 bits per heavy atom. The van der Waals surface area contributed by atoms with Gasteiger partial charge in [-0.2, -0.15) is 0 Å². The van der Waals surface area contributed by atoms with Crippen LogP contribution in [0.15, 0.2) is 23.1 Å². The topological polar surface area (TPSA) is 92.5 Å². The van der Waals surface area contributed by atoms with Crippen LogP contribution in [0.25, 0.3) is 0 Å². The highest BCUT2D eigenvalue weighted by Crippen LogP contribution is 2.25. The molecule has 1 aromatic carbocycles. The van der Waals surface area contributed by atoms with Gasteiger partial charge in [0.15, 0.2) is 0 Å². The summed E-state index contributed by atoms with van der Waals surface area (Å²) in [5.41, 5.74) is 7.05. The van der Waals surface area contributed by atoms with E-state index >= 15 is 0 Å². The fourth-order valence-corrected chi connectivity index (χ4v) is 4.24. The van der Waals surface area contributed by atoms with Crippen LogP contribution < -0.4 is 10.5 Å². The smallest absolute Gasteiger partial charge is 0.254 e. The second-order valence-corrected chi connectivity index (χ2v) is 8.26. The molecule has 0 radical (unpaired) electrons. The molecule has 134 valence electrons. The molecule has 0 aliphatic carbocycles. The maximum absolute atomic E-state index is 13.0. The summed E-state index contributed by atoms with van der Waals surface area (Å²) >= 11 is 0. The first kappa shape index (κ1) is 18.9. The second-order valence-electron chi connectivity index (χ2n) is 6.50. The lowest BCUT2D eigenvalue weighted by molar-refractivity contribution is 0.0572. The number of aryl methyl sites for hydroxylation is 1. The number of nitrogens with zero attached hydrogens (tertiary/aromatic N) is 1. The Labute approximate surface area is 144 Å². The van der Waals surface area contributed by atoms with Crippen molar-refractivity contribution in [3.05, 3.63) is 29.3 Å². The Kier molecular flexibility index (Phi) is 6.01. The highest BCUT2D eigenvalue weighted by Gasteiger charge is 2.30. The lowest BCUT2D eigenvalue weighted by Crippen LogP contribution is -2.49. The van der Waals surface area contributed by atoms with Gasteiger partial charge in [-0.15, -0.1) is 0 Å². The Balaban J connectivity index is 2.35. The summed E-state index contributed by atoms with van der Waals surface area (Å²) in [6.07, 6.45) is 1.83. The van der Waals surface area contributed by atoms with Crippen molar-refractivity contribution in [2.75, 3.05) is 19.6 Å². The molecule has 7 heteroatoms.